The molecule has 2 aromatic heterocycles. The minimum atomic E-state index is -0.527. The maximum atomic E-state index is 12.7. The van der Waals surface area contributed by atoms with Gasteiger partial charge in [-0.25, -0.2) is 4.79 Å². The van der Waals surface area contributed by atoms with E-state index in [9.17, 15) is 14.9 Å². The van der Waals surface area contributed by atoms with Crippen molar-refractivity contribution in [3.63, 3.8) is 0 Å². The summed E-state index contributed by atoms with van der Waals surface area (Å²) in [5, 5.41) is 19.4. The topological polar surface area (TPSA) is 117 Å². The first kappa shape index (κ1) is 22.6. The molecular weight excluding hydrogens is 440 g/mol. The Morgan fingerprint density at radius 2 is 2.15 bits per heavy atom. The van der Waals surface area contributed by atoms with Gasteiger partial charge in [-0.15, -0.1) is 11.3 Å². The average molecular weight is 465 g/mol. The summed E-state index contributed by atoms with van der Waals surface area (Å²) in [6.45, 7) is 2.21. The van der Waals surface area contributed by atoms with Crippen LogP contribution in [0.1, 0.15) is 53.0 Å². The smallest absolute Gasteiger partial charge is 0.407 e. The number of carbonyl (C=O) groups excluding carboxylic acids is 2. The summed E-state index contributed by atoms with van der Waals surface area (Å²) in [5.74, 6) is 0.484. The zero-order chi connectivity index (χ0) is 23.2. The summed E-state index contributed by atoms with van der Waals surface area (Å²) in [5.41, 5.74) is 2.56. The van der Waals surface area contributed by atoms with Crippen molar-refractivity contribution < 1.29 is 18.8 Å². The molecule has 2 N–H and O–H groups in total. The summed E-state index contributed by atoms with van der Waals surface area (Å²) in [6.07, 6.45) is 2.76. The van der Waals surface area contributed by atoms with Crippen LogP contribution in [0.2, 0.25) is 0 Å². The molecule has 2 unspecified atom stereocenters. The number of rotatable bonds is 7. The van der Waals surface area contributed by atoms with Gasteiger partial charge < -0.3 is 19.9 Å². The summed E-state index contributed by atoms with van der Waals surface area (Å²) in [6, 6.07) is 13.8. The highest BCUT2D eigenvalue weighted by Gasteiger charge is 2.28. The summed E-state index contributed by atoms with van der Waals surface area (Å²) < 4.78 is 10.5. The fourth-order valence-electron chi connectivity index (χ4n) is 3.90. The molecule has 0 spiro atoms. The van der Waals surface area contributed by atoms with Crippen LogP contribution in [0.4, 0.5) is 9.80 Å². The third-order valence-corrected chi connectivity index (χ3v) is 6.79. The van der Waals surface area contributed by atoms with E-state index in [0.717, 1.165) is 16.0 Å². The van der Waals surface area contributed by atoms with Crippen molar-refractivity contribution in [3.8, 4) is 6.07 Å². The standard InChI is InChI=1S/C24H24N4O4S/c1-15(16-5-3-2-4-6-16)11-22(29)28-23-20(13-25)19-8-7-17(12-21(19)33-23)31-24(30)26-14-18-9-10-27-32-18/h2-6,9-10,15,17H,7-8,11-12,14H2,1H3,(H,26,30)(H,28,29). The van der Waals surface area contributed by atoms with E-state index in [0.29, 0.717) is 42.0 Å². The number of amides is 2. The van der Waals surface area contributed by atoms with Crippen molar-refractivity contribution in [1.29, 1.82) is 5.26 Å². The Bertz CT molecular complexity index is 1150. The minimum absolute atomic E-state index is 0.0690. The number of carbonyl (C=O) groups is 2. The van der Waals surface area contributed by atoms with Gasteiger partial charge in [0.1, 0.15) is 17.2 Å². The monoisotopic (exact) mass is 464 g/mol. The zero-order valence-electron chi connectivity index (χ0n) is 18.2. The van der Waals surface area contributed by atoms with Crippen LogP contribution in [0.5, 0.6) is 0 Å². The highest BCUT2D eigenvalue weighted by molar-refractivity contribution is 7.16. The Hall–Kier alpha value is -3.64. The average Bonchev–Trinajstić information content (AvgIpc) is 3.45. The van der Waals surface area contributed by atoms with E-state index >= 15 is 0 Å². The number of nitriles is 1. The number of ether oxygens (including phenoxy) is 1. The Kier molecular flexibility index (Phi) is 7.05. The number of aromatic nitrogens is 1. The first-order chi connectivity index (χ1) is 16.0. The van der Waals surface area contributed by atoms with Crippen LogP contribution < -0.4 is 10.6 Å². The minimum Gasteiger partial charge on any atom is -0.446 e. The highest BCUT2D eigenvalue weighted by Crippen LogP contribution is 2.38. The molecule has 0 saturated heterocycles. The molecule has 2 heterocycles. The summed E-state index contributed by atoms with van der Waals surface area (Å²) in [4.78, 5) is 25.7. The largest absolute Gasteiger partial charge is 0.446 e. The third kappa shape index (κ3) is 5.59. The Balaban J connectivity index is 1.35. The normalized spacial score (nSPS) is 15.7. The molecule has 1 aromatic carbocycles. The molecule has 0 aliphatic heterocycles. The van der Waals surface area contributed by atoms with Gasteiger partial charge in [-0.05, 0) is 29.9 Å². The number of benzene rings is 1. The summed E-state index contributed by atoms with van der Waals surface area (Å²) >= 11 is 1.39. The van der Waals surface area contributed by atoms with Crippen molar-refractivity contribution in [2.45, 2.75) is 51.2 Å². The van der Waals surface area contributed by atoms with Crippen LogP contribution in [-0.2, 0) is 28.9 Å². The van der Waals surface area contributed by atoms with Gasteiger partial charge in [0, 0.05) is 23.8 Å². The maximum Gasteiger partial charge on any atom is 0.407 e. The van der Waals surface area contributed by atoms with Crippen LogP contribution in [-0.4, -0.2) is 23.3 Å². The molecule has 8 nitrogen and oxygen atoms in total. The predicted octanol–water partition coefficient (Wildman–Crippen LogP) is 4.52. The van der Waals surface area contributed by atoms with Crippen LogP contribution in [0.25, 0.3) is 0 Å². The van der Waals surface area contributed by atoms with E-state index in [1.54, 1.807) is 6.07 Å². The number of thiophene rings is 1. The van der Waals surface area contributed by atoms with Gasteiger partial charge >= 0.3 is 6.09 Å². The molecule has 1 aliphatic rings. The van der Waals surface area contributed by atoms with Crippen molar-refractivity contribution in [2.24, 2.45) is 0 Å². The van der Waals surface area contributed by atoms with Crippen molar-refractivity contribution in [1.82, 2.24) is 10.5 Å². The van der Waals surface area contributed by atoms with Gasteiger partial charge in [0.15, 0.2) is 5.76 Å². The molecule has 3 aromatic rings. The first-order valence-corrected chi connectivity index (χ1v) is 11.6. The van der Waals surface area contributed by atoms with E-state index in [1.807, 2.05) is 37.3 Å². The first-order valence-electron chi connectivity index (χ1n) is 10.8. The van der Waals surface area contributed by atoms with Crippen molar-refractivity contribution >= 4 is 28.3 Å². The lowest BCUT2D eigenvalue weighted by Gasteiger charge is -2.22. The molecule has 2 amide bonds. The van der Waals surface area contributed by atoms with Crippen molar-refractivity contribution in [3.05, 3.63) is 69.9 Å². The van der Waals surface area contributed by atoms with Crippen LogP contribution in [0, 0.1) is 11.3 Å². The molecule has 0 saturated carbocycles. The van der Waals surface area contributed by atoms with Gasteiger partial charge in [-0.1, -0.05) is 42.4 Å². The molecule has 170 valence electrons. The SMILES string of the molecule is CC(CC(=O)Nc1sc2c(c1C#N)CCC(OC(=O)NCc1ccno1)C2)c1ccccc1. The van der Waals surface area contributed by atoms with E-state index in [2.05, 4.69) is 21.9 Å². The second kappa shape index (κ2) is 10.3. The third-order valence-electron chi connectivity index (χ3n) is 5.62. The van der Waals surface area contributed by atoms with E-state index in [-0.39, 0.29) is 24.5 Å². The van der Waals surface area contributed by atoms with Crippen LogP contribution in [0.3, 0.4) is 0 Å². The lowest BCUT2D eigenvalue weighted by molar-refractivity contribution is -0.116. The molecule has 0 fully saturated rings. The molecule has 2 atom stereocenters. The molecular formula is C24H24N4O4S. The second-order valence-electron chi connectivity index (χ2n) is 7.99. The van der Waals surface area contributed by atoms with Gasteiger partial charge in [-0.2, -0.15) is 5.26 Å². The molecule has 0 radical (unpaired) electrons. The second-order valence-corrected chi connectivity index (χ2v) is 9.09. The van der Waals surface area contributed by atoms with Gasteiger partial charge in [-0.3, -0.25) is 4.79 Å². The number of anilines is 1. The number of hydrogen-bond donors (Lipinski definition) is 2. The number of fused-ring (bicyclic) bond motifs is 1. The summed E-state index contributed by atoms with van der Waals surface area (Å²) in [7, 11) is 0. The molecule has 9 heteroatoms. The fourth-order valence-corrected chi connectivity index (χ4v) is 5.18. The zero-order valence-corrected chi connectivity index (χ0v) is 19.0. The van der Waals surface area contributed by atoms with Gasteiger partial charge in [0.25, 0.3) is 0 Å². The van der Waals surface area contributed by atoms with Crippen LogP contribution >= 0.6 is 11.3 Å². The quantitative estimate of drug-likeness (QED) is 0.531. The fraction of sp³-hybridized carbons (Fsp3) is 0.333. The van der Waals surface area contributed by atoms with Gasteiger partial charge in [0.2, 0.25) is 5.91 Å². The number of hydrogen-bond acceptors (Lipinski definition) is 7. The van der Waals surface area contributed by atoms with Crippen LogP contribution in [0.15, 0.2) is 47.1 Å². The highest BCUT2D eigenvalue weighted by atomic mass is 32.1. The molecule has 0 bridgehead atoms. The van der Waals surface area contributed by atoms with E-state index in [1.165, 1.54) is 17.5 Å². The number of nitrogens with zero attached hydrogens (tertiary/aromatic N) is 2. The van der Waals surface area contributed by atoms with E-state index in [4.69, 9.17) is 9.26 Å². The number of alkyl carbamates (subject to hydrolysis) is 1. The lowest BCUT2D eigenvalue weighted by atomic mass is 9.93. The Morgan fingerprint density at radius 1 is 1.33 bits per heavy atom. The Morgan fingerprint density at radius 3 is 2.88 bits per heavy atom. The van der Waals surface area contributed by atoms with Gasteiger partial charge in [0.05, 0.1) is 18.3 Å². The molecule has 1 aliphatic carbocycles. The lowest BCUT2D eigenvalue weighted by Crippen LogP contribution is -2.31. The maximum absolute atomic E-state index is 12.7. The number of nitrogens with one attached hydrogen (secondary N) is 2. The van der Waals surface area contributed by atoms with E-state index < -0.39 is 6.09 Å². The predicted molar refractivity (Wildman–Crippen MR) is 123 cm³/mol. The Labute approximate surface area is 195 Å². The van der Waals surface area contributed by atoms with Crippen molar-refractivity contribution in [2.75, 3.05) is 5.32 Å². The molecule has 33 heavy (non-hydrogen) atoms. The molecule has 4 rings (SSSR count).